The molecule has 0 saturated carbocycles. The quantitative estimate of drug-likeness (QED) is 0.0454. The maximum atomic E-state index is 10.3. The van der Waals surface area contributed by atoms with Crippen LogP contribution in [0.1, 0.15) is 296 Å². The van der Waals surface area contributed by atoms with Crippen LogP contribution in [0.15, 0.2) is 0 Å². The first-order chi connectivity index (χ1) is 25.5. The summed E-state index contributed by atoms with van der Waals surface area (Å²) in [6, 6.07) is 0. The second-order valence-corrected chi connectivity index (χ2v) is 16.4. The number of hydrogen-bond acceptors (Lipinski definition) is 4. The van der Waals surface area contributed by atoms with Gasteiger partial charge in [0.05, 0.1) is 0 Å². The van der Waals surface area contributed by atoms with Crippen molar-refractivity contribution in [3.8, 4) is 0 Å². The summed E-state index contributed by atoms with van der Waals surface area (Å²) >= 11 is 0. The summed E-state index contributed by atoms with van der Waals surface area (Å²) in [7, 11) is 0. The van der Waals surface area contributed by atoms with Crippen LogP contribution >= 0.6 is 0 Å². The molecule has 4 nitrogen and oxygen atoms in total. The first-order valence-corrected chi connectivity index (χ1v) is 23.9. The molecule has 5 heteroatoms. The van der Waals surface area contributed by atoms with Gasteiger partial charge in [-0.3, -0.25) is 0 Å². The summed E-state index contributed by atoms with van der Waals surface area (Å²) < 4.78 is 0. The number of aliphatic carboxylic acids is 2. The van der Waals surface area contributed by atoms with E-state index in [2.05, 4.69) is 13.8 Å². The minimum absolute atomic E-state index is 0. The fraction of sp³-hybridized carbons (Fsp3) is 0.958. The molecule has 0 aromatic rings. The Morgan fingerprint density at radius 2 is 0.358 bits per heavy atom. The molecular weight excluding hydrogens is 704 g/mol. The molecule has 0 atom stereocenters. The van der Waals surface area contributed by atoms with Crippen LogP contribution in [-0.4, -0.2) is 11.9 Å². The van der Waals surface area contributed by atoms with Crippen molar-refractivity contribution in [2.75, 3.05) is 0 Å². The van der Waals surface area contributed by atoms with Gasteiger partial charge in [0.2, 0.25) is 0 Å². The third-order valence-corrected chi connectivity index (χ3v) is 11.0. The van der Waals surface area contributed by atoms with Crippen LogP contribution in [0.4, 0.5) is 0 Å². The van der Waals surface area contributed by atoms with E-state index in [1.54, 1.807) is 0 Å². The molecule has 0 amide bonds. The van der Waals surface area contributed by atoms with E-state index in [1.807, 2.05) is 0 Å². The van der Waals surface area contributed by atoms with Crippen molar-refractivity contribution in [3.63, 3.8) is 0 Å². The van der Waals surface area contributed by atoms with Crippen molar-refractivity contribution in [1.29, 1.82) is 0 Å². The number of carboxylic acid groups (broad SMARTS) is 2. The predicted molar refractivity (Wildman–Crippen MR) is 225 cm³/mol. The Morgan fingerprint density at radius 1 is 0.245 bits per heavy atom. The largest absolute Gasteiger partial charge is 2.00 e. The SMILES string of the molecule is CCCCCCCCCCCCCCCCCCCCCCCC(=O)[O-].CCCCCCCCCCCCCCCCCCCCCCCC(=O)[O-].[Cu+2]. The standard InChI is InChI=1S/2C24H48O2.Cu/c2*1-2-3-4-5-6-7-8-9-10-11-12-13-14-15-16-17-18-19-20-21-22-23-24(25)26;/h2*2-23H2,1H3,(H,25,26);/q;;+2/p-2. The second-order valence-electron chi connectivity index (χ2n) is 16.4. The van der Waals surface area contributed by atoms with E-state index in [0.29, 0.717) is 0 Å². The van der Waals surface area contributed by atoms with Gasteiger partial charge in [0.15, 0.2) is 0 Å². The van der Waals surface area contributed by atoms with E-state index in [4.69, 9.17) is 0 Å². The van der Waals surface area contributed by atoms with Gasteiger partial charge in [-0.05, 0) is 25.7 Å². The van der Waals surface area contributed by atoms with E-state index in [1.165, 1.54) is 244 Å². The van der Waals surface area contributed by atoms with Gasteiger partial charge < -0.3 is 19.8 Å². The zero-order valence-electron chi connectivity index (χ0n) is 36.0. The third kappa shape index (κ3) is 60.9. The van der Waals surface area contributed by atoms with E-state index in [-0.39, 0.29) is 29.9 Å². The zero-order valence-corrected chi connectivity index (χ0v) is 37.0. The summed E-state index contributed by atoms with van der Waals surface area (Å²) in [5, 5.41) is 20.6. The molecule has 0 spiro atoms. The van der Waals surface area contributed by atoms with Crippen LogP contribution < -0.4 is 10.2 Å². The van der Waals surface area contributed by atoms with Gasteiger partial charge in [-0.15, -0.1) is 0 Å². The van der Waals surface area contributed by atoms with Crippen molar-refractivity contribution in [2.45, 2.75) is 296 Å². The van der Waals surface area contributed by atoms with Crippen LogP contribution in [0.2, 0.25) is 0 Å². The number of unbranched alkanes of at least 4 members (excludes halogenated alkanes) is 40. The molecule has 0 rings (SSSR count). The fourth-order valence-corrected chi connectivity index (χ4v) is 7.40. The van der Waals surface area contributed by atoms with Crippen LogP contribution in [0, 0.1) is 0 Å². The molecule has 0 heterocycles. The van der Waals surface area contributed by atoms with Gasteiger partial charge in [-0.25, -0.2) is 0 Å². The smallest absolute Gasteiger partial charge is 0.550 e. The molecule has 0 aliphatic heterocycles. The summed E-state index contributed by atoms with van der Waals surface area (Å²) in [5.74, 6) is -1.80. The zero-order chi connectivity index (χ0) is 38.3. The molecule has 1 radical (unpaired) electrons. The molecule has 53 heavy (non-hydrogen) atoms. The van der Waals surface area contributed by atoms with Gasteiger partial charge >= 0.3 is 17.1 Å². The maximum Gasteiger partial charge on any atom is 2.00 e. The number of carbonyl (C=O) groups is 2. The molecule has 0 aromatic heterocycles. The summed E-state index contributed by atoms with van der Waals surface area (Å²) in [6.45, 7) is 4.57. The fourth-order valence-electron chi connectivity index (χ4n) is 7.40. The van der Waals surface area contributed by atoms with Gasteiger partial charge in [0, 0.05) is 11.9 Å². The Balaban J connectivity index is -0.000000926. The van der Waals surface area contributed by atoms with Crippen LogP contribution in [0.3, 0.4) is 0 Å². The van der Waals surface area contributed by atoms with E-state index >= 15 is 0 Å². The van der Waals surface area contributed by atoms with Crippen molar-refractivity contribution >= 4 is 11.9 Å². The number of carboxylic acids is 2. The Morgan fingerprint density at radius 3 is 0.472 bits per heavy atom. The van der Waals surface area contributed by atoms with Gasteiger partial charge in [0.25, 0.3) is 0 Å². The minimum Gasteiger partial charge on any atom is -0.550 e. The van der Waals surface area contributed by atoms with Crippen LogP contribution in [-0.2, 0) is 26.7 Å². The Hall–Kier alpha value is -0.541. The molecule has 0 unspecified atom stereocenters. The average Bonchev–Trinajstić information content (AvgIpc) is 3.13. The topological polar surface area (TPSA) is 80.3 Å². The van der Waals surface area contributed by atoms with Crippen molar-refractivity contribution in [3.05, 3.63) is 0 Å². The number of hydrogen-bond donors (Lipinski definition) is 0. The number of carbonyl (C=O) groups excluding carboxylic acids is 2. The molecule has 0 saturated heterocycles. The molecule has 0 aliphatic carbocycles. The first kappa shape index (κ1) is 56.8. The molecule has 0 aliphatic rings. The Bertz CT molecular complexity index is 614. The normalized spacial score (nSPS) is 10.9. The number of rotatable bonds is 44. The van der Waals surface area contributed by atoms with Crippen molar-refractivity contribution in [2.24, 2.45) is 0 Å². The van der Waals surface area contributed by atoms with Gasteiger partial charge in [-0.1, -0.05) is 271 Å². The molecule has 0 N–H and O–H groups in total. The molecule has 0 aromatic carbocycles. The summed E-state index contributed by atoms with van der Waals surface area (Å²) in [5.41, 5.74) is 0. The molecule has 0 fully saturated rings. The van der Waals surface area contributed by atoms with Crippen molar-refractivity contribution in [1.82, 2.24) is 0 Å². The third-order valence-electron chi connectivity index (χ3n) is 11.0. The van der Waals surface area contributed by atoms with Gasteiger partial charge in [0.1, 0.15) is 0 Å². The predicted octanol–water partition coefficient (Wildman–Crippen LogP) is 14.7. The monoisotopic (exact) mass is 798 g/mol. The summed E-state index contributed by atoms with van der Waals surface area (Å²) in [4.78, 5) is 20.6. The van der Waals surface area contributed by atoms with Gasteiger partial charge in [-0.2, -0.15) is 0 Å². The van der Waals surface area contributed by atoms with Crippen LogP contribution in [0.5, 0.6) is 0 Å². The molecule has 0 bridgehead atoms. The van der Waals surface area contributed by atoms with E-state index in [9.17, 15) is 19.8 Å². The van der Waals surface area contributed by atoms with E-state index < -0.39 is 11.9 Å². The first-order valence-electron chi connectivity index (χ1n) is 23.9. The summed E-state index contributed by atoms with van der Waals surface area (Å²) in [6.07, 6.45) is 57.4. The van der Waals surface area contributed by atoms with Crippen molar-refractivity contribution < 1.29 is 36.9 Å². The maximum absolute atomic E-state index is 10.3. The molecular formula is C48H94CuO4. The molecule has 321 valence electrons. The van der Waals surface area contributed by atoms with E-state index in [0.717, 1.165) is 25.7 Å². The Kier molecular flexibility index (Phi) is 57.4. The second kappa shape index (κ2) is 53.6. The minimum atomic E-state index is -0.900. The Labute approximate surface area is 343 Å². The average molecular weight is 799 g/mol. The van der Waals surface area contributed by atoms with Crippen LogP contribution in [0.25, 0.3) is 0 Å².